The molecule has 0 aliphatic heterocycles. The van der Waals surface area contributed by atoms with Gasteiger partial charge in [0, 0.05) is 42.6 Å². The summed E-state index contributed by atoms with van der Waals surface area (Å²) in [5.41, 5.74) is 10.9. The highest BCUT2D eigenvalue weighted by Crippen LogP contribution is 2.42. The van der Waals surface area contributed by atoms with Crippen molar-refractivity contribution < 1.29 is 0 Å². The van der Waals surface area contributed by atoms with Crippen LogP contribution in [0.25, 0.3) is 47.8 Å². The minimum Gasteiger partial charge on any atom is -0.311 e. The van der Waals surface area contributed by atoms with Crippen molar-refractivity contribution >= 4 is 53.7 Å². The van der Waals surface area contributed by atoms with Gasteiger partial charge in [-0.3, -0.25) is 0 Å². The molecule has 1 nitrogen and oxygen atoms in total. The zero-order valence-electron chi connectivity index (χ0n) is 29.1. The van der Waals surface area contributed by atoms with Crippen molar-refractivity contribution in [3.05, 3.63) is 192 Å². The second-order valence-electron chi connectivity index (χ2n) is 12.3. The molecule has 1 aromatic heterocycles. The molecule has 0 amide bonds. The van der Waals surface area contributed by atoms with E-state index in [2.05, 4.69) is 154 Å². The van der Waals surface area contributed by atoms with Crippen LogP contribution in [0.3, 0.4) is 0 Å². The van der Waals surface area contributed by atoms with Gasteiger partial charge in [-0.15, -0.1) is 11.3 Å². The van der Waals surface area contributed by atoms with Gasteiger partial charge >= 0.3 is 0 Å². The van der Waals surface area contributed by atoms with Crippen molar-refractivity contribution in [1.82, 2.24) is 0 Å². The lowest BCUT2D eigenvalue weighted by Gasteiger charge is -2.28. The van der Waals surface area contributed by atoms with Gasteiger partial charge in [-0.2, -0.15) is 0 Å². The lowest BCUT2D eigenvalue weighted by molar-refractivity contribution is 1.21. The van der Waals surface area contributed by atoms with Gasteiger partial charge in [0.1, 0.15) is 0 Å². The fraction of sp³-hybridized carbons (Fsp3) is 0.106. The summed E-state index contributed by atoms with van der Waals surface area (Å²) in [5, 5.41) is 5.47. The summed E-state index contributed by atoms with van der Waals surface area (Å²) in [7, 11) is 0. The van der Waals surface area contributed by atoms with E-state index in [0.29, 0.717) is 0 Å². The predicted molar refractivity (Wildman–Crippen MR) is 219 cm³/mol. The van der Waals surface area contributed by atoms with Gasteiger partial charge in [0.15, 0.2) is 0 Å². The summed E-state index contributed by atoms with van der Waals surface area (Å²) in [5.74, 6) is 0. The second kappa shape index (κ2) is 15.2. The number of hydrogen-bond acceptors (Lipinski definition) is 2. The molecule has 0 aliphatic rings. The number of rotatable bonds is 7. The quantitative estimate of drug-likeness (QED) is 0.155. The van der Waals surface area contributed by atoms with Gasteiger partial charge < -0.3 is 4.90 Å². The van der Waals surface area contributed by atoms with E-state index in [-0.39, 0.29) is 0 Å². The first-order valence-corrected chi connectivity index (χ1v) is 17.7. The number of benzene rings is 6. The number of aryl methyl sites for hydroxylation is 3. The molecule has 0 aliphatic carbocycles. The number of allylic oxidation sites excluding steroid dienone is 5. The molecule has 0 N–H and O–H groups in total. The highest BCUT2D eigenvalue weighted by molar-refractivity contribution is 7.26. The third-order valence-electron chi connectivity index (χ3n) is 9.02. The molecular weight excluding hydrogens is 611 g/mol. The van der Waals surface area contributed by atoms with Gasteiger partial charge in [0.05, 0.1) is 0 Å². The van der Waals surface area contributed by atoms with Gasteiger partial charge in [0.25, 0.3) is 0 Å². The van der Waals surface area contributed by atoms with Crippen LogP contribution < -0.4 is 4.90 Å². The standard InChI is InChI=1S/C24H18S.C23H25N/c1-15-7-3-4-8-18(15)19-13-11-17-12-14-21-20-9-5-6-10-22(20)25-24(21)23(17)16(19)2;1-5-7-9-12-22(6-2)24(23-13-10-8-11-14-23)20(4)21-17-15-19(3)16-18-21/h3-14H,1-2H3;5-18H,4H2,1-3H3/b;7-5-,12-9-,22-6-. The topological polar surface area (TPSA) is 3.24 Å². The summed E-state index contributed by atoms with van der Waals surface area (Å²) in [6.07, 6.45) is 10.3. The molecule has 0 saturated carbocycles. The minimum atomic E-state index is 0.958. The maximum Gasteiger partial charge on any atom is 0.0462 e. The predicted octanol–water partition coefficient (Wildman–Crippen LogP) is 14.0. The molecule has 0 atom stereocenters. The number of fused-ring (bicyclic) bond motifs is 5. The van der Waals surface area contributed by atoms with Crippen molar-refractivity contribution in [2.75, 3.05) is 4.90 Å². The van der Waals surface area contributed by atoms with E-state index in [0.717, 1.165) is 22.6 Å². The maximum atomic E-state index is 4.36. The van der Waals surface area contributed by atoms with Crippen molar-refractivity contribution in [1.29, 1.82) is 0 Å². The fourth-order valence-electron chi connectivity index (χ4n) is 6.41. The number of anilines is 1. The Morgan fingerprint density at radius 1 is 0.653 bits per heavy atom. The number of para-hydroxylation sites is 1. The van der Waals surface area contributed by atoms with Gasteiger partial charge in [-0.1, -0.05) is 146 Å². The number of hydrogen-bond donors (Lipinski definition) is 0. The molecule has 0 unspecified atom stereocenters. The molecule has 7 aromatic rings. The summed E-state index contributed by atoms with van der Waals surface area (Å²) in [6, 6.07) is 45.3. The Balaban J connectivity index is 0.000000170. The monoisotopic (exact) mass is 653 g/mol. The third kappa shape index (κ3) is 7.06. The Bertz CT molecular complexity index is 2330. The van der Waals surface area contributed by atoms with Crippen LogP contribution in [0.5, 0.6) is 0 Å². The Morgan fingerprint density at radius 3 is 2.08 bits per heavy atom. The third-order valence-corrected chi connectivity index (χ3v) is 10.2. The smallest absolute Gasteiger partial charge is 0.0462 e. The van der Waals surface area contributed by atoms with E-state index in [1.54, 1.807) is 0 Å². The van der Waals surface area contributed by atoms with Crippen LogP contribution in [0.4, 0.5) is 5.69 Å². The van der Waals surface area contributed by atoms with Gasteiger partial charge in [-0.05, 0) is 92.1 Å². The second-order valence-corrected chi connectivity index (χ2v) is 13.3. The lowest BCUT2D eigenvalue weighted by Crippen LogP contribution is -2.19. The molecule has 0 bridgehead atoms. The molecule has 49 heavy (non-hydrogen) atoms. The van der Waals surface area contributed by atoms with Crippen molar-refractivity contribution in [3.63, 3.8) is 0 Å². The summed E-state index contributed by atoms with van der Waals surface area (Å²) in [6.45, 7) is 15.0. The summed E-state index contributed by atoms with van der Waals surface area (Å²) >= 11 is 1.91. The molecule has 6 aromatic carbocycles. The fourth-order valence-corrected chi connectivity index (χ4v) is 7.72. The molecule has 0 radical (unpaired) electrons. The molecule has 242 valence electrons. The minimum absolute atomic E-state index is 0.958. The summed E-state index contributed by atoms with van der Waals surface area (Å²) in [4.78, 5) is 2.19. The van der Waals surface area contributed by atoms with E-state index in [1.165, 1.54) is 58.8 Å². The van der Waals surface area contributed by atoms with Crippen LogP contribution in [-0.4, -0.2) is 0 Å². The van der Waals surface area contributed by atoms with Crippen molar-refractivity contribution in [2.24, 2.45) is 0 Å². The highest BCUT2D eigenvalue weighted by atomic mass is 32.1. The maximum absolute atomic E-state index is 4.36. The van der Waals surface area contributed by atoms with Crippen molar-refractivity contribution in [2.45, 2.75) is 34.6 Å². The molecule has 7 rings (SSSR count). The molecular formula is C47H43NS. The first kappa shape index (κ1) is 33.5. The zero-order valence-corrected chi connectivity index (χ0v) is 29.9. The zero-order chi connectivity index (χ0) is 34.3. The van der Waals surface area contributed by atoms with E-state index >= 15 is 0 Å². The Hall–Kier alpha value is -5.44. The Morgan fingerprint density at radius 2 is 1.35 bits per heavy atom. The molecule has 1 heterocycles. The van der Waals surface area contributed by atoms with E-state index in [4.69, 9.17) is 0 Å². The van der Waals surface area contributed by atoms with Crippen LogP contribution in [0, 0.1) is 20.8 Å². The van der Waals surface area contributed by atoms with Gasteiger partial charge in [0.2, 0.25) is 0 Å². The van der Waals surface area contributed by atoms with Crippen LogP contribution in [0.15, 0.2) is 170 Å². The average molecular weight is 654 g/mol. The first-order valence-electron chi connectivity index (χ1n) is 16.9. The Kier molecular flexibility index (Phi) is 10.4. The normalized spacial score (nSPS) is 11.8. The first-order chi connectivity index (χ1) is 23.9. The van der Waals surface area contributed by atoms with E-state index < -0.39 is 0 Å². The van der Waals surface area contributed by atoms with Crippen LogP contribution >= 0.6 is 11.3 Å². The number of nitrogens with zero attached hydrogens (tertiary/aromatic N) is 1. The lowest BCUT2D eigenvalue weighted by atomic mass is 9.92. The summed E-state index contributed by atoms with van der Waals surface area (Å²) < 4.78 is 2.78. The van der Waals surface area contributed by atoms with E-state index in [1.807, 2.05) is 61.6 Å². The van der Waals surface area contributed by atoms with Crippen molar-refractivity contribution in [3.8, 4) is 11.1 Å². The SMILES string of the molecule is C=C(c1ccc(C)cc1)N(C(/C=C\C=C/C)=C\C)c1ccccc1.Cc1ccccc1-c1ccc2ccc3c4ccccc4sc3c2c1C. The van der Waals surface area contributed by atoms with Crippen LogP contribution in [-0.2, 0) is 0 Å². The largest absolute Gasteiger partial charge is 0.311 e. The average Bonchev–Trinajstić information content (AvgIpc) is 3.51. The molecule has 0 spiro atoms. The molecule has 2 heteroatoms. The van der Waals surface area contributed by atoms with E-state index in [9.17, 15) is 0 Å². The molecule has 0 fully saturated rings. The Labute approximate surface area is 295 Å². The number of thiophene rings is 1. The highest BCUT2D eigenvalue weighted by Gasteiger charge is 2.15. The van der Waals surface area contributed by atoms with Crippen LogP contribution in [0.2, 0.25) is 0 Å². The van der Waals surface area contributed by atoms with Gasteiger partial charge in [-0.25, -0.2) is 0 Å². The molecule has 0 saturated heterocycles. The van der Waals surface area contributed by atoms with Crippen LogP contribution in [0.1, 0.15) is 36.1 Å².